The Kier molecular flexibility index (Phi) is 7.33. The summed E-state index contributed by atoms with van der Waals surface area (Å²) in [6, 6.07) is 7.82. The summed E-state index contributed by atoms with van der Waals surface area (Å²) in [4.78, 5) is 36.1. The molecule has 1 amide bonds. The summed E-state index contributed by atoms with van der Waals surface area (Å²) in [6.45, 7) is 4.80. The summed E-state index contributed by atoms with van der Waals surface area (Å²) in [5.41, 5.74) is 2.13. The predicted octanol–water partition coefficient (Wildman–Crippen LogP) is 3.13. The minimum atomic E-state index is -1.02. The minimum Gasteiger partial charge on any atom is -0.456 e. The maximum absolute atomic E-state index is 12.4. The van der Waals surface area contributed by atoms with Crippen molar-refractivity contribution in [2.24, 2.45) is 5.92 Å². The number of hydrogen-bond acceptors (Lipinski definition) is 5. The van der Waals surface area contributed by atoms with Crippen molar-refractivity contribution in [2.45, 2.75) is 64.8 Å². The van der Waals surface area contributed by atoms with E-state index in [4.69, 9.17) is 4.74 Å². The van der Waals surface area contributed by atoms with Crippen LogP contribution >= 0.6 is 0 Å². The standard InChI is InChI=1S/C22H28N2O4/c1-15(2)22(3,14-23)24-20(26)13-28-21(27)11-10-19(25)18-9-8-16-6-4-5-7-17(16)12-18/h8-9,12,15H,4-7,10-11,13H2,1-3H3,(H,24,26)/t22-/m1/s1. The molecule has 0 bridgehead atoms. The van der Waals surface area contributed by atoms with Crippen LogP contribution in [0.5, 0.6) is 0 Å². The van der Waals surface area contributed by atoms with Crippen LogP contribution in [0.15, 0.2) is 18.2 Å². The van der Waals surface area contributed by atoms with E-state index in [9.17, 15) is 19.6 Å². The summed E-state index contributed by atoms with van der Waals surface area (Å²) < 4.78 is 4.94. The molecule has 0 aliphatic heterocycles. The van der Waals surface area contributed by atoms with E-state index in [-0.39, 0.29) is 24.5 Å². The molecule has 1 aliphatic carbocycles. The van der Waals surface area contributed by atoms with E-state index in [1.54, 1.807) is 6.92 Å². The Morgan fingerprint density at radius 3 is 2.50 bits per heavy atom. The molecular weight excluding hydrogens is 356 g/mol. The average molecular weight is 384 g/mol. The van der Waals surface area contributed by atoms with Crippen LogP contribution < -0.4 is 5.32 Å². The van der Waals surface area contributed by atoms with Gasteiger partial charge in [0.05, 0.1) is 12.5 Å². The van der Waals surface area contributed by atoms with E-state index in [0.29, 0.717) is 5.56 Å². The molecule has 1 aliphatic rings. The SMILES string of the molecule is CC(C)[C@@](C)(C#N)NC(=O)COC(=O)CCC(=O)c1ccc2c(c1)CCCC2. The molecule has 0 fully saturated rings. The van der Waals surface area contributed by atoms with Crippen LogP contribution in [0, 0.1) is 17.2 Å². The highest BCUT2D eigenvalue weighted by Gasteiger charge is 2.30. The smallest absolute Gasteiger partial charge is 0.306 e. The number of rotatable bonds is 8. The van der Waals surface area contributed by atoms with E-state index in [1.165, 1.54) is 17.5 Å². The fourth-order valence-electron chi connectivity index (χ4n) is 3.11. The zero-order valence-electron chi connectivity index (χ0n) is 16.8. The number of carbonyl (C=O) groups excluding carboxylic acids is 3. The van der Waals surface area contributed by atoms with Gasteiger partial charge in [-0.1, -0.05) is 26.0 Å². The molecule has 6 heteroatoms. The largest absolute Gasteiger partial charge is 0.456 e. The maximum atomic E-state index is 12.4. The fourth-order valence-corrected chi connectivity index (χ4v) is 3.11. The highest BCUT2D eigenvalue weighted by Crippen LogP contribution is 2.23. The Bertz CT molecular complexity index is 794. The van der Waals surface area contributed by atoms with Crippen LogP contribution in [0.4, 0.5) is 0 Å². The first-order valence-electron chi connectivity index (χ1n) is 9.78. The molecule has 0 saturated carbocycles. The van der Waals surface area contributed by atoms with Gasteiger partial charge in [-0.3, -0.25) is 14.4 Å². The summed E-state index contributed by atoms with van der Waals surface area (Å²) in [5.74, 6) is -1.34. The molecule has 0 spiro atoms. The molecule has 0 saturated heterocycles. The first-order valence-corrected chi connectivity index (χ1v) is 9.78. The van der Waals surface area contributed by atoms with Gasteiger partial charge in [0.15, 0.2) is 12.4 Å². The third-order valence-electron chi connectivity index (χ3n) is 5.38. The van der Waals surface area contributed by atoms with Crippen LogP contribution in [0.2, 0.25) is 0 Å². The van der Waals surface area contributed by atoms with Crippen molar-refractivity contribution >= 4 is 17.7 Å². The normalized spacial score (nSPS) is 15.1. The van der Waals surface area contributed by atoms with Crippen LogP contribution in [0.25, 0.3) is 0 Å². The summed E-state index contributed by atoms with van der Waals surface area (Å²) >= 11 is 0. The number of aryl methyl sites for hydroxylation is 2. The first-order chi connectivity index (χ1) is 13.2. The second-order valence-corrected chi connectivity index (χ2v) is 7.79. The predicted molar refractivity (Wildman–Crippen MR) is 105 cm³/mol. The second kappa shape index (κ2) is 9.50. The van der Waals surface area contributed by atoms with Crippen LogP contribution in [0.3, 0.4) is 0 Å². The van der Waals surface area contributed by atoms with E-state index in [2.05, 4.69) is 11.4 Å². The van der Waals surface area contributed by atoms with E-state index in [1.807, 2.05) is 32.0 Å². The third kappa shape index (κ3) is 5.66. The van der Waals surface area contributed by atoms with Gasteiger partial charge >= 0.3 is 5.97 Å². The van der Waals surface area contributed by atoms with Gasteiger partial charge in [-0.2, -0.15) is 5.26 Å². The van der Waals surface area contributed by atoms with Crippen molar-refractivity contribution in [3.05, 3.63) is 34.9 Å². The molecule has 28 heavy (non-hydrogen) atoms. The lowest BCUT2D eigenvalue weighted by Gasteiger charge is -2.27. The van der Waals surface area contributed by atoms with Gasteiger partial charge < -0.3 is 10.1 Å². The monoisotopic (exact) mass is 384 g/mol. The van der Waals surface area contributed by atoms with E-state index < -0.39 is 24.0 Å². The lowest BCUT2D eigenvalue weighted by Crippen LogP contribution is -2.50. The van der Waals surface area contributed by atoms with Crippen molar-refractivity contribution in [1.82, 2.24) is 5.32 Å². The molecule has 1 N–H and O–H groups in total. The van der Waals surface area contributed by atoms with Gasteiger partial charge in [0, 0.05) is 12.0 Å². The molecule has 0 radical (unpaired) electrons. The Morgan fingerprint density at radius 2 is 1.86 bits per heavy atom. The number of hydrogen-bond donors (Lipinski definition) is 1. The van der Waals surface area contributed by atoms with Crippen LogP contribution in [0.1, 0.15) is 67.9 Å². The number of benzene rings is 1. The number of ether oxygens (including phenoxy) is 1. The van der Waals surface area contributed by atoms with Crippen molar-refractivity contribution in [3.63, 3.8) is 0 Å². The molecule has 2 rings (SSSR count). The number of carbonyl (C=O) groups is 3. The second-order valence-electron chi connectivity index (χ2n) is 7.79. The van der Waals surface area contributed by atoms with E-state index >= 15 is 0 Å². The molecular formula is C22H28N2O4. The quantitative estimate of drug-likeness (QED) is 0.549. The van der Waals surface area contributed by atoms with Gasteiger partial charge in [0.1, 0.15) is 5.54 Å². The van der Waals surface area contributed by atoms with Crippen molar-refractivity contribution < 1.29 is 19.1 Å². The lowest BCUT2D eigenvalue weighted by atomic mass is 9.89. The molecule has 0 heterocycles. The number of nitriles is 1. The molecule has 0 unspecified atom stereocenters. The van der Waals surface area contributed by atoms with Gasteiger partial charge in [-0.15, -0.1) is 0 Å². The molecule has 150 valence electrons. The summed E-state index contributed by atoms with van der Waals surface area (Å²) in [6.07, 6.45) is 4.33. The summed E-state index contributed by atoms with van der Waals surface area (Å²) in [7, 11) is 0. The molecule has 0 aromatic heterocycles. The fraction of sp³-hybridized carbons (Fsp3) is 0.545. The molecule has 1 atom stereocenters. The Hall–Kier alpha value is -2.68. The Balaban J connectivity index is 1.78. The zero-order valence-corrected chi connectivity index (χ0v) is 16.8. The maximum Gasteiger partial charge on any atom is 0.306 e. The molecule has 1 aromatic rings. The lowest BCUT2D eigenvalue weighted by molar-refractivity contribution is -0.148. The van der Waals surface area contributed by atoms with E-state index in [0.717, 1.165) is 19.3 Å². The number of Topliss-reactive ketones (excluding diaryl/α,β-unsaturated/α-hetero) is 1. The van der Waals surface area contributed by atoms with Gasteiger partial charge in [-0.25, -0.2) is 0 Å². The van der Waals surface area contributed by atoms with Crippen LogP contribution in [-0.4, -0.2) is 29.8 Å². The van der Waals surface area contributed by atoms with Gasteiger partial charge in [0.25, 0.3) is 5.91 Å². The summed E-state index contributed by atoms with van der Waals surface area (Å²) in [5, 5.41) is 11.8. The van der Waals surface area contributed by atoms with Crippen molar-refractivity contribution in [2.75, 3.05) is 6.61 Å². The number of nitrogens with one attached hydrogen (secondary N) is 1. The minimum absolute atomic E-state index is 0.0428. The van der Waals surface area contributed by atoms with Crippen molar-refractivity contribution in [1.29, 1.82) is 5.26 Å². The van der Waals surface area contributed by atoms with Gasteiger partial charge in [0.2, 0.25) is 0 Å². The first kappa shape index (κ1) is 21.6. The zero-order chi connectivity index (χ0) is 20.7. The number of esters is 1. The highest BCUT2D eigenvalue weighted by molar-refractivity contribution is 5.97. The number of amides is 1. The number of ketones is 1. The Morgan fingerprint density at radius 1 is 1.18 bits per heavy atom. The van der Waals surface area contributed by atoms with Crippen molar-refractivity contribution in [3.8, 4) is 6.07 Å². The molecule has 1 aromatic carbocycles. The highest BCUT2D eigenvalue weighted by atomic mass is 16.5. The third-order valence-corrected chi connectivity index (χ3v) is 5.38. The number of fused-ring (bicyclic) bond motifs is 1. The topological polar surface area (TPSA) is 96.3 Å². The van der Waals surface area contributed by atoms with Crippen LogP contribution in [-0.2, 0) is 27.2 Å². The number of nitrogens with zero attached hydrogens (tertiary/aromatic N) is 1. The Labute approximate surface area is 166 Å². The molecule has 6 nitrogen and oxygen atoms in total. The van der Waals surface area contributed by atoms with Gasteiger partial charge in [-0.05, 0) is 55.7 Å². The average Bonchev–Trinajstić information content (AvgIpc) is 2.69.